The lowest BCUT2D eigenvalue weighted by Crippen LogP contribution is -2.72. The molecule has 1 heterocycles. The first-order valence-corrected chi connectivity index (χ1v) is 18.0. The van der Waals surface area contributed by atoms with Gasteiger partial charge in [0.15, 0.2) is 0 Å². The lowest BCUT2D eigenvalue weighted by Gasteiger charge is -2.62. The van der Waals surface area contributed by atoms with E-state index in [0.29, 0.717) is 24.5 Å². The van der Waals surface area contributed by atoms with Crippen LogP contribution in [-0.4, -0.2) is 55.9 Å². The maximum atomic E-state index is 13.9. The molecule has 2 atom stereocenters. The number of benzene rings is 3. The lowest BCUT2D eigenvalue weighted by molar-refractivity contribution is -0.160. The molecule has 0 saturated carbocycles. The Balaban J connectivity index is 1.44. The number of carbonyl (C=O) groups is 3. The number of ether oxygens (including phenoxy) is 2. The molecule has 241 valence electrons. The number of unbranched alkanes of at least 4 members (excludes halogenated alkanes) is 1. The lowest BCUT2D eigenvalue weighted by atomic mass is 9.77. The monoisotopic (exact) mass is 639 g/mol. The van der Waals surface area contributed by atoms with Crippen LogP contribution >= 0.6 is 0 Å². The van der Waals surface area contributed by atoms with Gasteiger partial charge in [-0.3, -0.25) is 20.4 Å². The van der Waals surface area contributed by atoms with E-state index in [0.717, 1.165) is 18.4 Å². The van der Waals surface area contributed by atoms with E-state index in [2.05, 4.69) is 73.8 Å². The van der Waals surface area contributed by atoms with Crippen molar-refractivity contribution in [2.45, 2.75) is 69.7 Å². The van der Waals surface area contributed by atoms with Crippen molar-refractivity contribution in [3.05, 3.63) is 103 Å². The predicted octanol–water partition coefficient (Wildman–Crippen LogP) is 7.31. The topological polar surface area (TPSA) is 109 Å². The van der Waals surface area contributed by atoms with Gasteiger partial charge in [-0.25, -0.2) is 9.59 Å². The average molecular weight is 640 g/mol. The Hall–Kier alpha value is -4.70. The zero-order valence-electron chi connectivity index (χ0n) is 27.2. The Morgan fingerprint density at radius 2 is 1.35 bits per heavy atom. The number of amides is 3. The number of hydrogen-bond donors (Lipinski definition) is 2. The van der Waals surface area contributed by atoms with Crippen molar-refractivity contribution < 1.29 is 23.9 Å². The van der Waals surface area contributed by atoms with E-state index >= 15 is 0 Å². The fourth-order valence-electron chi connectivity index (χ4n) is 5.63. The Labute approximate surface area is 273 Å². The van der Waals surface area contributed by atoms with Gasteiger partial charge in [0.05, 0.1) is 19.9 Å². The molecule has 1 radical (unpaired) electrons. The van der Waals surface area contributed by atoms with Crippen molar-refractivity contribution in [3.8, 4) is 11.5 Å². The summed E-state index contributed by atoms with van der Waals surface area (Å²) in [6, 6.07) is 27.3. The number of likely N-dealkylation sites (tertiary alicyclic amines) is 1. The summed E-state index contributed by atoms with van der Waals surface area (Å²) in [4.78, 5) is 45.6. The molecule has 0 spiro atoms. The molecule has 0 bridgehead atoms. The molecule has 3 aromatic rings. The van der Waals surface area contributed by atoms with Gasteiger partial charge in [-0.2, -0.15) is 0 Å². The van der Waals surface area contributed by atoms with Crippen molar-refractivity contribution in [3.63, 3.8) is 0 Å². The van der Waals surface area contributed by atoms with Gasteiger partial charge in [0, 0.05) is 12.1 Å². The second-order valence-corrected chi connectivity index (χ2v) is 15.3. The molecule has 2 unspecified atom stereocenters. The van der Waals surface area contributed by atoms with E-state index in [4.69, 9.17) is 9.47 Å². The quantitative estimate of drug-likeness (QED) is 0.0795. The third-order valence-electron chi connectivity index (χ3n) is 7.87. The van der Waals surface area contributed by atoms with Crippen LogP contribution in [-0.2, 0) is 4.79 Å². The van der Waals surface area contributed by atoms with E-state index in [1.807, 2.05) is 35.2 Å². The molecule has 2 N–H and O–H groups in total. The van der Waals surface area contributed by atoms with E-state index in [1.54, 1.807) is 48.5 Å². The zero-order valence-corrected chi connectivity index (χ0v) is 28.2. The minimum absolute atomic E-state index is 0.00740. The minimum atomic E-state index is -1.05. The van der Waals surface area contributed by atoms with Crippen LogP contribution in [0.15, 0.2) is 102 Å². The summed E-state index contributed by atoms with van der Waals surface area (Å²) in [7, 11) is -1.05. The van der Waals surface area contributed by atoms with Crippen LogP contribution in [0.3, 0.4) is 0 Å². The van der Waals surface area contributed by atoms with Gasteiger partial charge in [0.2, 0.25) is 11.9 Å². The summed E-state index contributed by atoms with van der Waals surface area (Å²) in [6.45, 7) is 11.0. The largest absolute Gasteiger partial charge is 0.419 e. The molecule has 46 heavy (non-hydrogen) atoms. The maximum Gasteiger partial charge on any atom is 0.419 e. The highest BCUT2D eigenvalue weighted by molar-refractivity contribution is 6.65. The summed E-state index contributed by atoms with van der Waals surface area (Å²) >= 11 is 0. The highest BCUT2D eigenvalue weighted by atomic mass is 28.3. The Morgan fingerprint density at radius 3 is 1.83 bits per heavy atom. The first kappa shape index (κ1) is 34.2. The van der Waals surface area contributed by atoms with Gasteiger partial charge in [0.1, 0.15) is 11.5 Å². The Bertz CT molecular complexity index is 1470. The molecule has 1 fully saturated rings. The second kappa shape index (κ2) is 15.5. The highest BCUT2D eigenvalue weighted by Gasteiger charge is 2.63. The molecule has 0 aromatic heterocycles. The van der Waals surface area contributed by atoms with Gasteiger partial charge >= 0.3 is 12.2 Å². The summed E-state index contributed by atoms with van der Waals surface area (Å²) in [5.41, 5.74) is 0.798. The Morgan fingerprint density at radius 1 is 0.848 bits per heavy atom. The van der Waals surface area contributed by atoms with Crippen LogP contribution in [0, 0.1) is 0 Å². The van der Waals surface area contributed by atoms with Crippen LogP contribution in [0.5, 0.6) is 11.5 Å². The number of guanidine groups is 1. The molecule has 1 aliphatic rings. The van der Waals surface area contributed by atoms with Crippen LogP contribution in [0.25, 0.3) is 6.08 Å². The first-order valence-electron chi connectivity index (χ1n) is 15.5. The number of aliphatic imine (C=N–C) groups is 1. The molecule has 1 saturated heterocycles. The standard InChI is InChI=1S/C36H43N4O5Si/c1-35(2,3)40-30(24-23-27-17-9-6-10-18-27)36(31(40)41,46(4)5)25-15-16-26-37-32(38-33(42)44-28-19-11-7-12-20-28)39-34(43)45-29-21-13-8-14-22-29/h6-14,17-24,30H,15-16,25-26H2,1-5H3,(H2,37,38,39,42,43). The molecule has 0 aliphatic carbocycles. The molecule has 1 aliphatic heterocycles. The number of nitrogens with zero attached hydrogens (tertiary/aromatic N) is 2. The fraction of sp³-hybridized carbons (Fsp3) is 0.333. The van der Waals surface area contributed by atoms with Crippen molar-refractivity contribution in [2.24, 2.45) is 4.99 Å². The van der Waals surface area contributed by atoms with Gasteiger partial charge < -0.3 is 14.4 Å². The molecule has 4 rings (SSSR count). The molecule has 9 nitrogen and oxygen atoms in total. The normalized spacial score (nSPS) is 17.7. The minimum Gasteiger partial charge on any atom is -0.410 e. The van der Waals surface area contributed by atoms with E-state index in [-0.39, 0.29) is 23.4 Å². The van der Waals surface area contributed by atoms with Crippen molar-refractivity contribution in [2.75, 3.05) is 6.54 Å². The molecule has 10 heteroatoms. The summed E-state index contributed by atoms with van der Waals surface area (Å²) in [5.74, 6) is 0.813. The number of nitrogens with one attached hydrogen (secondary N) is 2. The number of β-lactam (4-membered cyclic amide) rings is 1. The molecular weight excluding hydrogens is 597 g/mol. The van der Waals surface area contributed by atoms with Crippen molar-refractivity contribution in [1.29, 1.82) is 0 Å². The van der Waals surface area contributed by atoms with Crippen LogP contribution < -0.4 is 20.1 Å². The van der Waals surface area contributed by atoms with Gasteiger partial charge in [-0.05, 0) is 63.4 Å². The third kappa shape index (κ3) is 8.72. The van der Waals surface area contributed by atoms with Crippen LogP contribution in [0.4, 0.5) is 9.59 Å². The summed E-state index contributed by atoms with van der Waals surface area (Å²) in [6.07, 6.45) is 4.82. The van der Waals surface area contributed by atoms with Crippen molar-refractivity contribution in [1.82, 2.24) is 15.5 Å². The van der Waals surface area contributed by atoms with E-state index in [9.17, 15) is 14.4 Å². The molecule has 3 aromatic carbocycles. The number of hydrogen-bond acceptors (Lipinski definition) is 6. The second-order valence-electron chi connectivity index (χ2n) is 12.4. The smallest absolute Gasteiger partial charge is 0.410 e. The van der Waals surface area contributed by atoms with Crippen LogP contribution in [0.2, 0.25) is 18.1 Å². The van der Waals surface area contributed by atoms with Crippen LogP contribution in [0.1, 0.15) is 45.6 Å². The number of para-hydroxylation sites is 2. The van der Waals surface area contributed by atoms with Gasteiger partial charge in [-0.15, -0.1) is 0 Å². The molecule has 3 amide bonds. The molecular formula is C36H43N4O5Si. The first-order chi connectivity index (χ1) is 22.0. The average Bonchev–Trinajstić information content (AvgIpc) is 3.01. The van der Waals surface area contributed by atoms with E-state index < -0.39 is 26.0 Å². The summed E-state index contributed by atoms with van der Waals surface area (Å²) < 4.78 is 10.6. The van der Waals surface area contributed by atoms with Crippen molar-refractivity contribution >= 4 is 38.9 Å². The predicted molar refractivity (Wildman–Crippen MR) is 183 cm³/mol. The third-order valence-corrected chi connectivity index (χ3v) is 10.4. The SMILES string of the molecule is C[Si](C)C1(CCCCN=C(NC(=O)Oc2ccccc2)NC(=O)Oc2ccccc2)C(=O)N(C(C)(C)C)C1C=Cc1ccccc1. The maximum absolute atomic E-state index is 13.9. The van der Waals surface area contributed by atoms with E-state index in [1.165, 1.54) is 0 Å². The Kier molecular flexibility index (Phi) is 11.5. The fourth-order valence-corrected chi connectivity index (χ4v) is 7.67. The number of carbonyl (C=O) groups excluding carboxylic acids is 3. The zero-order chi connectivity index (χ0) is 33.2. The highest BCUT2D eigenvalue weighted by Crippen LogP contribution is 2.55. The van der Waals surface area contributed by atoms with Gasteiger partial charge in [0.25, 0.3) is 0 Å². The number of rotatable bonds is 10. The van der Waals surface area contributed by atoms with Gasteiger partial charge in [-0.1, -0.05) is 98.4 Å². The summed E-state index contributed by atoms with van der Waals surface area (Å²) in [5, 5.41) is 4.58.